The minimum atomic E-state index is 0.383. The fourth-order valence-electron chi connectivity index (χ4n) is 2.44. The van der Waals surface area contributed by atoms with E-state index in [4.69, 9.17) is 0 Å². The van der Waals surface area contributed by atoms with Crippen LogP contribution in [0.25, 0.3) is 5.57 Å². The first-order chi connectivity index (χ1) is 10.3. The van der Waals surface area contributed by atoms with Gasteiger partial charge in [-0.2, -0.15) is 8.75 Å². The standard InChI is InChI=1S/C15H19N3S3/c1-11-13(7-2-8-16-11)14-15(18-21-17-14)20-10-4-6-12-5-3-9-19-12/h3,5,7,9,11,16H,2,4,6,8,10H2,1H3. The molecule has 0 spiro atoms. The number of nitrogens with zero attached hydrogens (tertiary/aromatic N) is 2. The van der Waals surface area contributed by atoms with Crippen molar-refractivity contribution in [3.8, 4) is 0 Å². The maximum Gasteiger partial charge on any atom is 0.138 e. The van der Waals surface area contributed by atoms with Crippen molar-refractivity contribution in [2.75, 3.05) is 12.3 Å². The molecule has 0 aliphatic carbocycles. The highest BCUT2D eigenvalue weighted by Crippen LogP contribution is 2.30. The molecule has 3 rings (SSSR count). The van der Waals surface area contributed by atoms with Gasteiger partial charge in [-0.3, -0.25) is 0 Å². The molecule has 112 valence electrons. The number of aryl methyl sites for hydroxylation is 1. The maximum atomic E-state index is 4.52. The molecule has 21 heavy (non-hydrogen) atoms. The number of hydrogen-bond acceptors (Lipinski definition) is 6. The van der Waals surface area contributed by atoms with Crippen LogP contribution in [-0.2, 0) is 6.42 Å². The van der Waals surface area contributed by atoms with Gasteiger partial charge >= 0.3 is 0 Å². The Morgan fingerprint density at radius 1 is 1.43 bits per heavy atom. The number of thioether (sulfide) groups is 1. The summed E-state index contributed by atoms with van der Waals surface area (Å²) in [5.41, 5.74) is 2.41. The van der Waals surface area contributed by atoms with Crippen LogP contribution in [0.2, 0.25) is 0 Å². The molecular formula is C15H19N3S3. The topological polar surface area (TPSA) is 37.8 Å². The summed E-state index contributed by atoms with van der Waals surface area (Å²) in [4.78, 5) is 1.47. The summed E-state index contributed by atoms with van der Waals surface area (Å²) in [6.45, 7) is 3.26. The zero-order valence-electron chi connectivity index (χ0n) is 12.0. The Hall–Kier alpha value is -0.690. The van der Waals surface area contributed by atoms with Gasteiger partial charge in [-0.15, -0.1) is 23.1 Å². The Morgan fingerprint density at radius 3 is 3.19 bits per heavy atom. The Bertz CT molecular complexity index is 589. The van der Waals surface area contributed by atoms with Gasteiger partial charge in [-0.05, 0) is 55.5 Å². The second-order valence-electron chi connectivity index (χ2n) is 5.07. The first-order valence-electron chi connectivity index (χ1n) is 7.26. The predicted octanol–water partition coefficient (Wildman–Crippen LogP) is 4.09. The van der Waals surface area contributed by atoms with E-state index in [2.05, 4.69) is 44.6 Å². The van der Waals surface area contributed by atoms with Gasteiger partial charge in [-0.25, -0.2) is 0 Å². The fraction of sp³-hybridized carbons (Fsp3) is 0.467. The van der Waals surface area contributed by atoms with E-state index < -0.39 is 0 Å². The zero-order chi connectivity index (χ0) is 14.5. The Balaban J connectivity index is 1.57. The molecule has 2 aromatic rings. The van der Waals surface area contributed by atoms with Crippen molar-refractivity contribution in [1.82, 2.24) is 14.1 Å². The van der Waals surface area contributed by atoms with E-state index in [9.17, 15) is 0 Å². The van der Waals surface area contributed by atoms with Gasteiger partial charge in [0.2, 0.25) is 0 Å². The number of nitrogens with one attached hydrogen (secondary N) is 1. The average Bonchev–Trinajstić information content (AvgIpc) is 3.16. The van der Waals surface area contributed by atoms with Crippen LogP contribution in [0.5, 0.6) is 0 Å². The summed E-state index contributed by atoms with van der Waals surface area (Å²) >= 11 is 5.02. The Labute approximate surface area is 138 Å². The predicted molar refractivity (Wildman–Crippen MR) is 93.3 cm³/mol. The highest BCUT2D eigenvalue weighted by atomic mass is 32.2. The van der Waals surface area contributed by atoms with E-state index in [0.29, 0.717) is 6.04 Å². The molecule has 0 aromatic carbocycles. The van der Waals surface area contributed by atoms with Crippen LogP contribution in [0, 0.1) is 0 Å². The molecule has 3 heterocycles. The first-order valence-corrected chi connectivity index (χ1v) is 9.85. The summed E-state index contributed by atoms with van der Waals surface area (Å²) in [5, 5.41) is 6.75. The monoisotopic (exact) mass is 337 g/mol. The van der Waals surface area contributed by atoms with Crippen LogP contribution in [0.4, 0.5) is 0 Å². The maximum absolute atomic E-state index is 4.52. The quantitative estimate of drug-likeness (QED) is 0.636. The normalized spacial score (nSPS) is 18.7. The molecular weight excluding hydrogens is 318 g/mol. The van der Waals surface area contributed by atoms with Crippen molar-refractivity contribution in [1.29, 1.82) is 0 Å². The van der Waals surface area contributed by atoms with Crippen LogP contribution in [-0.4, -0.2) is 27.1 Å². The van der Waals surface area contributed by atoms with Gasteiger partial charge in [0.15, 0.2) is 0 Å². The zero-order valence-corrected chi connectivity index (χ0v) is 14.5. The fourth-order valence-corrected chi connectivity index (χ4v) is 4.81. The van der Waals surface area contributed by atoms with E-state index >= 15 is 0 Å². The van der Waals surface area contributed by atoms with Crippen LogP contribution < -0.4 is 5.32 Å². The first kappa shape index (κ1) is 15.2. The minimum Gasteiger partial charge on any atom is -0.310 e. The lowest BCUT2D eigenvalue weighted by atomic mass is 10.0. The van der Waals surface area contributed by atoms with E-state index in [-0.39, 0.29) is 0 Å². The highest BCUT2D eigenvalue weighted by Gasteiger charge is 2.20. The molecule has 0 bridgehead atoms. The van der Waals surface area contributed by atoms with Gasteiger partial charge in [0.1, 0.15) is 10.7 Å². The van der Waals surface area contributed by atoms with Crippen LogP contribution in [0.1, 0.15) is 30.3 Å². The summed E-state index contributed by atoms with van der Waals surface area (Å²) in [6.07, 6.45) is 5.75. The third-order valence-corrected chi connectivity index (χ3v) is 6.17. The van der Waals surface area contributed by atoms with Crippen molar-refractivity contribution in [3.05, 3.63) is 34.2 Å². The van der Waals surface area contributed by atoms with Crippen molar-refractivity contribution in [2.24, 2.45) is 0 Å². The number of hydrogen-bond donors (Lipinski definition) is 1. The molecule has 0 amide bonds. The molecule has 6 heteroatoms. The lowest BCUT2D eigenvalue weighted by molar-refractivity contribution is 0.624. The molecule has 3 nitrogen and oxygen atoms in total. The van der Waals surface area contributed by atoms with E-state index in [1.807, 2.05) is 23.1 Å². The molecule has 0 fully saturated rings. The van der Waals surface area contributed by atoms with Gasteiger partial charge in [-0.1, -0.05) is 12.1 Å². The Kier molecular flexibility index (Phi) is 5.46. The van der Waals surface area contributed by atoms with E-state index in [0.717, 1.165) is 35.9 Å². The molecule has 0 saturated heterocycles. The summed E-state index contributed by atoms with van der Waals surface area (Å²) in [5.74, 6) is 1.10. The molecule has 1 aliphatic rings. The molecule has 1 N–H and O–H groups in total. The third kappa shape index (κ3) is 3.94. The van der Waals surface area contributed by atoms with Crippen molar-refractivity contribution in [2.45, 2.75) is 37.3 Å². The molecule has 2 aromatic heterocycles. The number of aromatic nitrogens is 2. The number of rotatable bonds is 6. The van der Waals surface area contributed by atoms with E-state index in [1.165, 1.54) is 28.6 Å². The molecule has 0 radical (unpaired) electrons. The van der Waals surface area contributed by atoms with Crippen LogP contribution >= 0.6 is 34.8 Å². The second kappa shape index (κ2) is 7.54. The summed E-state index contributed by atoms with van der Waals surface area (Å²) in [6, 6.07) is 4.72. The lowest BCUT2D eigenvalue weighted by Crippen LogP contribution is -2.31. The van der Waals surface area contributed by atoms with Crippen LogP contribution in [0.3, 0.4) is 0 Å². The molecule has 1 aliphatic heterocycles. The Morgan fingerprint density at radius 2 is 2.38 bits per heavy atom. The molecule has 0 saturated carbocycles. The van der Waals surface area contributed by atoms with Gasteiger partial charge in [0.25, 0.3) is 0 Å². The third-order valence-electron chi connectivity index (χ3n) is 3.54. The van der Waals surface area contributed by atoms with E-state index in [1.54, 1.807) is 0 Å². The average molecular weight is 338 g/mol. The SMILES string of the molecule is CC1NCCC=C1c1nsnc1SCCCc1cccs1. The summed E-state index contributed by atoms with van der Waals surface area (Å²) < 4.78 is 9.01. The van der Waals surface area contributed by atoms with Crippen LogP contribution in [0.15, 0.2) is 28.6 Å². The van der Waals surface area contributed by atoms with Crippen molar-refractivity contribution in [3.63, 3.8) is 0 Å². The molecule has 1 unspecified atom stereocenters. The van der Waals surface area contributed by atoms with Crippen molar-refractivity contribution < 1.29 is 0 Å². The van der Waals surface area contributed by atoms with Gasteiger partial charge < -0.3 is 5.32 Å². The molecule has 1 atom stereocenters. The smallest absolute Gasteiger partial charge is 0.138 e. The van der Waals surface area contributed by atoms with Crippen molar-refractivity contribution >= 4 is 40.4 Å². The second-order valence-corrected chi connectivity index (χ2v) is 7.72. The highest BCUT2D eigenvalue weighted by molar-refractivity contribution is 7.99. The summed E-state index contributed by atoms with van der Waals surface area (Å²) in [7, 11) is 0. The van der Waals surface area contributed by atoms with Gasteiger partial charge in [0.05, 0.1) is 11.7 Å². The number of thiophene rings is 1. The lowest BCUT2D eigenvalue weighted by Gasteiger charge is -2.21. The minimum absolute atomic E-state index is 0.383. The van der Waals surface area contributed by atoms with Gasteiger partial charge in [0, 0.05) is 10.9 Å². The largest absolute Gasteiger partial charge is 0.310 e.